The van der Waals surface area contributed by atoms with Crippen LogP contribution in [-0.4, -0.2) is 25.7 Å². The van der Waals surface area contributed by atoms with Crippen molar-refractivity contribution in [2.24, 2.45) is 5.92 Å². The Bertz CT molecular complexity index is 624. The van der Waals surface area contributed by atoms with E-state index >= 15 is 0 Å². The number of nitrogens with zero attached hydrogens (tertiary/aromatic N) is 2. The lowest BCUT2D eigenvalue weighted by atomic mass is 9.91. The molecule has 0 spiro atoms. The molecule has 3 nitrogen and oxygen atoms in total. The Kier molecular flexibility index (Phi) is 2.65. The van der Waals surface area contributed by atoms with E-state index < -0.39 is 0 Å². The van der Waals surface area contributed by atoms with Gasteiger partial charge >= 0.3 is 0 Å². The molecule has 2 aliphatic rings. The van der Waals surface area contributed by atoms with Gasteiger partial charge in [-0.25, -0.2) is 4.98 Å². The Balaban J connectivity index is 1.62. The fourth-order valence-electron chi connectivity index (χ4n) is 3.37. The van der Waals surface area contributed by atoms with Crippen LogP contribution in [0.25, 0.3) is 5.65 Å². The van der Waals surface area contributed by atoms with Crippen molar-refractivity contribution in [3.63, 3.8) is 0 Å². The van der Waals surface area contributed by atoms with Crippen LogP contribution in [-0.2, 0) is 0 Å². The molecule has 2 saturated heterocycles. The number of pyridine rings is 1. The highest BCUT2D eigenvalue weighted by atomic mass is 32.2. The van der Waals surface area contributed by atoms with Crippen molar-refractivity contribution in [3.05, 3.63) is 36.3 Å². The van der Waals surface area contributed by atoms with E-state index in [1.807, 2.05) is 28.9 Å². The van der Waals surface area contributed by atoms with E-state index in [-0.39, 0.29) is 5.92 Å². The lowest BCUT2D eigenvalue weighted by molar-refractivity contribution is 0.0907. The van der Waals surface area contributed by atoms with Crippen molar-refractivity contribution in [2.75, 3.05) is 0 Å². The van der Waals surface area contributed by atoms with Gasteiger partial charge in [-0.2, -0.15) is 11.8 Å². The molecular weight excluding hydrogens is 256 g/mol. The molecule has 2 unspecified atom stereocenters. The normalized spacial score (nSPS) is 29.8. The summed E-state index contributed by atoms with van der Waals surface area (Å²) in [5.41, 5.74) is 1.69. The molecule has 2 atom stereocenters. The minimum atomic E-state index is 0.233. The van der Waals surface area contributed by atoms with Crippen LogP contribution in [0.5, 0.6) is 0 Å². The van der Waals surface area contributed by atoms with Crippen molar-refractivity contribution in [2.45, 2.75) is 36.2 Å². The Morgan fingerprint density at radius 2 is 2.05 bits per heavy atom. The number of imidazole rings is 1. The van der Waals surface area contributed by atoms with Gasteiger partial charge in [0.05, 0.1) is 0 Å². The van der Waals surface area contributed by atoms with Crippen LogP contribution < -0.4 is 0 Å². The molecule has 0 aromatic carbocycles. The van der Waals surface area contributed by atoms with Gasteiger partial charge in [0.2, 0.25) is 0 Å². The van der Waals surface area contributed by atoms with Crippen LogP contribution in [0.3, 0.4) is 0 Å². The van der Waals surface area contributed by atoms with Crippen molar-refractivity contribution >= 4 is 23.2 Å². The van der Waals surface area contributed by atoms with Gasteiger partial charge in [-0.1, -0.05) is 0 Å². The molecular formula is C15H16N2OS. The molecule has 4 rings (SSSR count). The Labute approximate surface area is 116 Å². The highest BCUT2D eigenvalue weighted by Crippen LogP contribution is 2.46. The minimum absolute atomic E-state index is 0.233. The zero-order valence-electron chi connectivity index (χ0n) is 10.7. The molecule has 2 aromatic rings. The van der Waals surface area contributed by atoms with Crippen LogP contribution in [0.15, 0.2) is 30.7 Å². The predicted molar refractivity (Wildman–Crippen MR) is 76.6 cm³/mol. The summed E-state index contributed by atoms with van der Waals surface area (Å²) in [7, 11) is 0. The third kappa shape index (κ3) is 1.98. The first-order valence-corrected chi connectivity index (χ1v) is 7.86. The van der Waals surface area contributed by atoms with Crippen molar-refractivity contribution in [1.82, 2.24) is 9.38 Å². The molecule has 0 aliphatic carbocycles. The number of Topliss-reactive ketones (excluding diaryl/α,β-unsaturated/α-hetero) is 1. The molecule has 0 amide bonds. The maximum absolute atomic E-state index is 12.6. The molecule has 2 fully saturated rings. The molecule has 2 bridgehead atoms. The number of hydrogen-bond donors (Lipinski definition) is 0. The summed E-state index contributed by atoms with van der Waals surface area (Å²) < 4.78 is 1.94. The quantitative estimate of drug-likeness (QED) is 0.787. The molecule has 0 radical (unpaired) electrons. The van der Waals surface area contributed by atoms with Gasteiger partial charge < -0.3 is 4.40 Å². The molecule has 4 heteroatoms. The van der Waals surface area contributed by atoms with Crippen LogP contribution in [0.2, 0.25) is 0 Å². The van der Waals surface area contributed by atoms with Gasteiger partial charge in [-0.05, 0) is 37.8 Å². The highest BCUT2D eigenvalue weighted by Gasteiger charge is 2.37. The van der Waals surface area contributed by atoms with E-state index in [2.05, 4.69) is 16.7 Å². The van der Waals surface area contributed by atoms with Crippen LogP contribution in [0, 0.1) is 5.92 Å². The average Bonchev–Trinajstić information content (AvgIpc) is 3.03. The lowest BCUT2D eigenvalue weighted by Crippen LogP contribution is -2.24. The minimum Gasteiger partial charge on any atom is -0.307 e. The first kappa shape index (κ1) is 11.5. The third-order valence-electron chi connectivity index (χ3n) is 4.34. The zero-order chi connectivity index (χ0) is 12.8. The summed E-state index contributed by atoms with van der Waals surface area (Å²) in [6, 6.07) is 3.85. The summed E-state index contributed by atoms with van der Waals surface area (Å²) in [6.45, 7) is 0. The van der Waals surface area contributed by atoms with Gasteiger partial charge in [0.1, 0.15) is 5.65 Å². The zero-order valence-corrected chi connectivity index (χ0v) is 11.5. The maximum atomic E-state index is 12.6. The number of ketones is 1. The van der Waals surface area contributed by atoms with E-state index in [1.54, 1.807) is 6.20 Å². The summed E-state index contributed by atoms with van der Waals surface area (Å²) in [6.07, 6.45) is 10.3. The van der Waals surface area contributed by atoms with E-state index in [4.69, 9.17) is 0 Å². The second-order valence-corrected chi connectivity index (χ2v) is 7.20. The average molecular weight is 272 g/mol. The van der Waals surface area contributed by atoms with Gasteiger partial charge in [-0.15, -0.1) is 0 Å². The van der Waals surface area contributed by atoms with Gasteiger partial charge in [0.25, 0.3) is 0 Å². The highest BCUT2D eigenvalue weighted by molar-refractivity contribution is 8.00. The second-order valence-electron chi connectivity index (χ2n) is 5.60. The van der Waals surface area contributed by atoms with Crippen molar-refractivity contribution < 1.29 is 4.79 Å². The summed E-state index contributed by atoms with van der Waals surface area (Å²) in [5.74, 6) is 0.555. The monoisotopic (exact) mass is 272 g/mol. The number of thioether (sulfide) groups is 1. The predicted octanol–water partition coefficient (Wildman–Crippen LogP) is 3.19. The lowest BCUT2D eigenvalue weighted by Gasteiger charge is -2.26. The second kappa shape index (κ2) is 4.37. The first-order chi connectivity index (χ1) is 9.29. The first-order valence-electron chi connectivity index (χ1n) is 6.92. The fraction of sp³-hybridized carbons (Fsp3) is 0.467. The summed E-state index contributed by atoms with van der Waals surface area (Å²) >= 11 is 2.10. The van der Waals surface area contributed by atoms with E-state index in [1.165, 1.54) is 12.8 Å². The molecule has 2 aromatic heterocycles. The molecule has 0 N–H and O–H groups in total. The topological polar surface area (TPSA) is 34.4 Å². The van der Waals surface area contributed by atoms with Gasteiger partial charge in [-0.3, -0.25) is 4.79 Å². The number of fused-ring (bicyclic) bond motifs is 3. The third-order valence-corrected chi connectivity index (χ3v) is 5.97. The van der Waals surface area contributed by atoms with Crippen LogP contribution >= 0.6 is 11.8 Å². The smallest absolute Gasteiger partial charge is 0.166 e. The van der Waals surface area contributed by atoms with E-state index in [9.17, 15) is 4.79 Å². The van der Waals surface area contributed by atoms with Gasteiger partial charge in [0.15, 0.2) is 5.78 Å². The summed E-state index contributed by atoms with van der Waals surface area (Å²) in [5, 5.41) is 1.45. The molecule has 98 valence electrons. The number of aromatic nitrogens is 2. The van der Waals surface area contributed by atoms with Crippen molar-refractivity contribution in [3.8, 4) is 0 Å². The molecule has 4 heterocycles. The Morgan fingerprint density at radius 1 is 1.26 bits per heavy atom. The molecule has 2 aliphatic heterocycles. The van der Waals surface area contributed by atoms with Crippen molar-refractivity contribution in [1.29, 1.82) is 0 Å². The van der Waals surface area contributed by atoms with E-state index in [0.717, 1.165) is 34.6 Å². The Hall–Kier alpha value is -1.29. The van der Waals surface area contributed by atoms with Gasteiger partial charge in [0, 0.05) is 40.6 Å². The van der Waals surface area contributed by atoms with Crippen LogP contribution in [0.4, 0.5) is 0 Å². The number of rotatable bonds is 2. The van der Waals surface area contributed by atoms with Crippen LogP contribution in [0.1, 0.15) is 36.0 Å². The number of carbonyl (C=O) groups excluding carboxylic acids is 1. The molecule has 0 saturated carbocycles. The standard InChI is InChI=1S/C15H16N2OS/c18-15(11-7-12-1-2-13(8-11)19-12)10-3-5-17-6-4-16-14(17)9-10/h3-6,9,11-13H,1-2,7-8H2. The van der Waals surface area contributed by atoms with E-state index in [0.29, 0.717) is 5.78 Å². The summed E-state index contributed by atoms with van der Waals surface area (Å²) in [4.78, 5) is 16.9. The molecule has 19 heavy (non-hydrogen) atoms. The Morgan fingerprint density at radius 3 is 2.84 bits per heavy atom. The maximum Gasteiger partial charge on any atom is 0.166 e. The number of hydrogen-bond acceptors (Lipinski definition) is 3. The fourth-order valence-corrected chi connectivity index (χ4v) is 5.15. The number of carbonyl (C=O) groups is 1. The SMILES string of the molecule is O=C(c1ccn2ccnc2c1)C1CC2CCC(C1)S2. The largest absolute Gasteiger partial charge is 0.307 e.